The van der Waals surface area contributed by atoms with Gasteiger partial charge in [0.25, 0.3) is 0 Å². The second-order valence-electron chi connectivity index (χ2n) is 3.14. The maximum Gasteiger partial charge on any atom is 0.337 e. The molecule has 8 heteroatoms. The summed E-state index contributed by atoms with van der Waals surface area (Å²) in [6, 6.07) is 0. The molecule has 0 atom stereocenters. The van der Waals surface area contributed by atoms with Gasteiger partial charge in [-0.15, -0.1) is 0 Å². The van der Waals surface area contributed by atoms with Crippen LogP contribution in [-0.2, 0) is 24.1 Å². The van der Waals surface area contributed by atoms with Crippen LogP contribution in [0.4, 0.5) is 0 Å². The first-order valence-corrected chi connectivity index (χ1v) is 5.56. The second kappa shape index (κ2) is 8.22. The van der Waals surface area contributed by atoms with E-state index in [1.165, 1.54) is 0 Å². The topological polar surface area (TPSA) is 97.2 Å². The third kappa shape index (κ3) is 15.5. The number of hydrogen-bond donors (Lipinski definition) is 1. The van der Waals surface area contributed by atoms with Crippen LogP contribution in [-0.4, -0.2) is 46.9 Å². The largest absolute Gasteiger partial charge is 0.726 e. The minimum absolute atomic E-state index is 0.318. The Hall–Kier alpha value is -0.960. The highest BCUT2D eigenvalue weighted by molar-refractivity contribution is 7.80. The van der Waals surface area contributed by atoms with Crippen LogP contribution in [0, 0.1) is 0 Å². The molecule has 0 radical (unpaired) electrons. The van der Waals surface area contributed by atoms with Crippen molar-refractivity contribution in [3.8, 4) is 0 Å². The van der Waals surface area contributed by atoms with Crippen LogP contribution in [0.15, 0.2) is 12.2 Å². The van der Waals surface area contributed by atoms with E-state index in [9.17, 15) is 17.8 Å². The van der Waals surface area contributed by atoms with Gasteiger partial charge >= 0.3 is 5.97 Å². The number of carbonyl (C=O) groups excluding carboxylic acids is 1. The number of quaternary nitrogens is 1. The summed E-state index contributed by atoms with van der Waals surface area (Å²) in [5.74, 6) is -0.318. The van der Waals surface area contributed by atoms with E-state index in [-0.39, 0.29) is 5.97 Å². The van der Waals surface area contributed by atoms with Crippen LogP contribution in [0.25, 0.3) is 0 Å². The number of esters is 1. The normalized spacial score (nSPS) is 10.4. The van der Waals surface area contributed by atoms with E-state index in [0.717, 1.165) is 12.0 Å². The average Bonchev–Trinajstić information content (AvgIpc) is 2.13. The summed E-state index contributed by atoms with van der Waals surface area (Å²) < 4.78 is 35.8. The first-order chi connectivity index (χ1) is 7.10. The lowest BCUT2D eigenvalue weighted by molar-refractivity contribution is -0.877. The molecule has 0 aliphatic heterocycles. The minimum Gasteiger partial charge on any atom is -0.726 e. The minimum atomic E-state index is -4.41. The third-order valence-electron chi connectivity index (χ3n) is 1.04. The second-order valence-corrected chi connectivity index (χ2v) is 4.29. The molecule has 0 aromatic heterocycles. The smallest absolute Gasteiger partial charge is 0.337 e. The fourth-order valence-corrected chi connectivity index (χ4v) is 0.333. The quantitative estimate of drug-likeness (QED) is 0.211. The Labute approximate surface area is 95.6 Å². The fourth-order valence-electron chi connectivity index (χ4n) is 0.333. The molecule has 0 saturated heterocycles. The third-order valence-corrected chi connectivity index (χ3v) is 1.45. The summed E-state index contributed by atoms with van der Waals surface area (Å²) in [5, 5.41) is 0. The summed E-state index contributed by atoms with van der Waals surface area (Å²) in [4.78, 5) is 11.8. The Morgan fingerprint density at radius 1 is 1.44 bits per heavy atom. The van der Waals surface area contributed by atoms with Crippen LogP contribution >= 0.6 is 0 Å². The van der Waals surface area contributed by atoms with E-state index in [1.54, 1.807) is 6.92 Å². The van der Waals surface area contributed by atoms with E-state index in [0.29, 0.717) is 12.3 Å². The Morgan fingerprint density at radius 3 is 2.00 bits per heavy atom. The Bertz CT molecular complexity index is 321. The molecular weight excluding hydrogens is 238 g/mol. The van der Waals surface area contributed by atoms with Crippen LogP contribution in [0.2, 0.25) is 0 Å². The van der Waals surface area contributed by atoms with E-state index in [2.05, 4.69) is 10.8 Å². The Kier molecular flexibility index (Phi) is 8.96. The van der Waals surface area contributed by atoms with Crippen molar-refractivity contribution >= 4 is 16.4 Å². The van der Waals surface area contributed by atoms with E-state index >= 15 is 0 Å². The van der Waals surface area contributed by atoms with Gasteiger partial charge in [-0.05, 0) is 6.92 Å². The van der Waals surface area contributed by atoms with Gasteiger partial charge in [-0.1, -0.05) is 6.58 Å². The van der Waals surface area contributed by atoms with E-state index in [4.69, 9.17) is 4.74 Å². The molecule has 0 aromatic carbocycles. The van der Waals surface area contributed by atoms with Crippen LogP contribution < -0.4 is 4.90 Å². The first-order valence-electron chi connectivity index (χ1n) is 4.23. The lowest BCUT2D eigenvalue weighted by Gasteiger charge is -2.06. The Balaban J connectivity index is 0. The molecule has 0 saturated carbocycles. The molecule has 7 nitrogen and oxygen atoms in total. The molecule has 0 fully saturated rings. The molecule has 0 unspecified atom stereocenters. The maximum absolute atomic E-state index is 10.7. The van der Waals surface area contributed by atoms with Gasteiger partial charge in [0, 0.05) is 5.57 Å². The SMILES string of the molecule is C=C(C)C(=O)OC[NH+](C)C.COS(=O)(=O)[O-]. The standard InChI is InChI=1S/C7H13NO2.CH4O4S/c1-6(2)7(9)10-5-8(3)4;1-5-6(2,3)4/h1,5H2,2-4H3;1H3,(H,2,3,4). The van der Waals surface area contributed by atoms with Crippen molar-refractivity contribution in [2.75, 3.05) is 27.9 Å². The van der Waals surface area contributed by atoms with Crippen molar-refractivity contribution in [2.45, 2.75) is 6.92 Å². The van der Waals surface area contributed by atoms with Crippen LogP contribution in [0.1, 0.15) is 6.92 Å². The average molecular weight is 255 g/mol. The summed E-state index contributed by atoms with van der Waals surface area (Å²) in [6.07, 6.45) is 0. The van der Waals surface area contributed by atoms with Crippen molar-refractivity contribution in [3.63, 3.8) is 0 Å². The summed E-state index contributed by atoms with van der Waals surface area (Å²) >= 11 is 0. The first kappa shape index (κ1) is 17.4. The molecule has 0 amide bonds. The molecule has 1 N–H and O–H groups in total. The number of carbonyl (C=O) groups is 1. The lowest BCUT2D eigenvalue weighted by atomic mass is 10.4. The fraction of sp³-hybridized carbons (Fsp3) is 0.625. The van der Waals surface area contributed by atoms with Crippen molar-refractivity contribution in [1.82, 2.24) is 0 Å². The monoisotopic (exact) mass is 255 g/mol. The van der Waals surface area contributed by atoms with E-state index in [1.807, 2.05) is 14.1 Å². The molecular formula is C8H17NO6S. The molecule has 0 aliphatic rings. The van der Waals surface area contributed by atoms with Gasteiger partial charge in [0.2, 0.25) is 17.1 Å². The molecule has 0 bridgehead atoms. The predicted octanol–water partition coefficient (Wildman–Crippen LogP) is -1.70. The molecule has 96 valence electrons. The predicted molar refractivity (Wildman–Crippen MR) is 55.3 cm³/mol. The Morgan fingerprint density at radius 2 is 1.81 bits per heavy atom. The van der Waals surface area contributed by atoms with Gasteiger partial charge in [-0.2, -0.15) is 0 Å². The van der Waals surface area contributed by atoms with Gasteiger partial charge < -0.3 is 14.2 Å². The zero-order chi connectivity index (χ0) is 13.4. The molecule has 0 heterocycles. The van der Waals surface area contributed by atoms with Gasteiger partial charge in [0.1, 0.15) is 0 Å². The van der Waals surface area contributed by atoms with Gasteiger partial charge in [0.05, 0.1) is 21.2 Å². The van der Waals surface area contributed by atoms with Crippen molar-refractivity contribution in [1.29, 1.82) is 0 Å². The highest BCUT2D eigenvalue weighted by atomic mass is 32.3. The number of nitrogens with one attached hydrogen (secondary N) is 1. The number of hydrogen-bond acceptors (Lipinski definition) is 6. The molecule has 16 heavy (non-hydrogen) atoms. The summed E-state index contributed by atoms with van der Waals surface area (Å²) in [5.41, 5.74) is 0.446. The zero-order valence-electron chi connectivity index (χ0n) is 9.77. The summed E-state index contributed by atoms with van der Waals surface area (Å²) in [6.45, 7) is 5.48. The lowest BCUT2D eigenvalue weighted by Crippen LogP contribution is -3.06. The zero-order valence-corrected chi connectivity index (χ0v) is 10.6. The molecule has 0 spiro atoms. The summed E-state index contributed by atoms with van der Waals surface area (Å²) in [7, 11) is 0.213. The highest BCUT2D eigenvalue weighted by Gasteiger charge is 2.03. The number of ether oxygens (including phenoxy) is 1. The molecule has 0 rings (SSSR count). The van der Waals surface area contributed by atoms with Crippen molar-refractivity contribution < 1.29 is 31.6 Å². The van der Waals surface area contributed by atoms with Gasteiger partial charge in [0.15, 0.2) is 0 Å². The number of rotatable bonds is 4. The van der Waals surface area contributed by atoms with Crippen LogP contribution in [0.5, 0.6) is 0 Å². The van der Waals surface area contributed by atoms with Gasteiger partial charge in [-0.25, -0.2) is 13.2 Å². The van der Waals surface area contributed by atoms with E-state index < -0.39 is 10.4 Å². The highest BCUT2D eigenvalue weighted by Crippen LogP contribution is 1.88. The van der Waals surface area contributed by atoms with Gasteiger partial charge in [-0.3, -0.25) is 4.18 Å². The molecule has 0 aromatic rings. The van der Waals surface area contributed by atoms with Crippen molar-refractivity contribution in [3.05, 3.63) is 12.2 Å². The van der Waals surface area contributed by atoms with Crippen molar-refractivity contribution in [2.24, 2.45) is 0 Å². The van der Waals surface area contributed by atoms with Crippen LogP contribution in [0.3, 0.4) is 0 Å². The maximum atomic E-state index is 10.7. The molecule has 0 aliphatic carbocycles.